The summed E-state index contributed by atoms with van der Waals surface area (Å²) in [7, 11) is 0. The lowest BCUT2D eigenvalue weighted by Gasteiger charge is -2.09. The van der Waals surface area contributed by atoms with Crippen LogP contribution < -0.4 is 11.5 Å². The molecule has 0 unspecified atom stereocenters. The molecule has 1 aromatic heterocycles. The van der Waals surface area contributed by atoms with Gasteiger partial charge in [0.25, 0.3) is 0 Å². The Morgan fingerprint density at radius 1 is 1.15 bits per heavy atom. The number of pyridine rings is 1. The Morgan fingerprint density at radius 3 is 2.15 bits per heavy atom. The molecular weight excluding hydrogens is 190 g/mol. The molecule has 0 bridgehead atoms. The van der Waals surface area contributed by atoms with Crippen LogP contribution in [0.2, 0.25) is 0 Å². The monoisotopic (exact) mass is 195 g/mol. The maximum absolute atomic E-state index is 12.5. The Hall–Kier alpha value is -1.53. The Morgan fingerprint density at radius 2 is 1.69 bits per heavy atom. The second kappa shape index (κ2) is 2.75. The van der Waals surface area contributed by atoms with E-state index < -0.39 is 29.2 Å². The van der Waals surface area contributed by atoms with Crippen molar-refractivity contribution in [3.05, 3.63) is 17.4 Å². The Kier molecular flexibility index (Phi) is 2.02. The average molecular weight is 195 g/mol. The van der Waals surface area contributed by atoms with Gasteiger partial charge in [0.2, 0.25) is 0 Å². The van der Waals surface area contributed by atoms with Crippen LogP contribution in [-0.2, 0) is 6.18 Å². The van der Waals surface area contributed by atoms with Crippen molar-refractivity contribution in [3.63, 3.8) is 0 Å². The van der Waals surface area contributed by atoms with Crippen molar-refractivity contribution < 1.29 is 17.6 Å². The van der Waals surface area contributed by atoms with Crippen molar-refractivity contribution in [1.29, 1.82) is 0 Å². The van der Waals surface area contributed by atoms with E-state index in [0.29, 0.717) is 0 Å². The van der Waals surface area contributed by atoms with Crippen molar-refractivity contribution in [2.75, 3.05) is 11.5 Å². The minimum Gasteiger partial charge on any atom is -0.383 e. The molecule has 0 atom stereocenters. The van der Waals surface area contributed by atoms with Crippen molar-refractivity contribution >= 4 is 11.6 Å². The van der Waals surface area contributed by atoms with Gasteiger partial charge in [0, 0.05) is 0 Å². The third-order valence-corrected chi connectivity index (χ3v) is 1.34. The highest BCUT2D eigenvalue weighted by Gasteiger charge is 2.34. The summed E-state index contributed by atoms with van der Waals surface area (Å²) in [5, 5.41) is 0. The average Bonchev–Trinajstić information content (AvgIpc) is 1.94. The van der Waals surface area contributed by atoms with Crippen LogP contribution in [0.4, 0.5) is 29.2 Å². The molecule has 0 aliphatic heterocycles. The van der Waals surface area contributed by atoms with Crippen molar-refractivity contribution in [2.45, 2.75) is 6.18 Å². The van der Waals surface area contributed by atoms with Gasteiger partial charge >= 0.3 is 6.18 Å². The molecular formula is C6H5F4N3. The molecule has 1 aromatic rings. The molecule has 0 radical (unpaired) electrons. The van der Waals surface area contributed by atoms with E-state index in [-0.39, 0.29) is 6.07 Å². The molecule has 0 fully saturated rings. The van der Waals surface area contributed by atoms with E-state index in [2.05, 4.69) is 4.98 Å². The first-order chi connectivity index (χ1) is 5.82. The van der Waals surface area contributed by atoms with E-state index in [1.165, 1.54) is 0 Å². The molecule has 0 spiro atoms. The summed E-state index contributed by atoms with van der Waals surface area (Å²) in [6.45, 7) is 0. The number of nitrogens with two attached hydrogens (primary N) is 2. The maximum atomic E-state index is 12.5. The summed E-state index contributed by atoms with van der Waals surface area (Å²) in [6, 6.07) is 0.220. The zero-order valence-corrected chi connectivity index (χ0v) is 6.19. The Labute approximate surface area is 70.4 Å². The van der Waals surface area contributed by atoms with Gasteiger partial charge in [0.1, 0.15) is 11.4 Å². The zero-order chi connectivity index (χ0) is 10.2. The minimum atomic E-state index is -4.72. The highest BCUT2D eigenvalue weighted by Crippen LogP contribution is 2.33. The molecule has 0 saturated heterocycles. The van der Waals surface area contributed by atoms with Crippen LogP contribution >= 0.6 is 0 Å². The standard InChI is InChI=1S/C6H5F4N3/c7-3-1-2(6(8,9)10)4(11)13-5(3)12/h1H,(H4,11,12,13). The number of hydrogen-bond acceptors (Lipinski definition) is 3. The molecule has 72 valence electrons. The molecule has 1 rings (SSSR count). The van der Waals surface area contributed by atoms with Crippen LogP contribution in [0, 0.1) is 5.82 Å². The van der Waals surface area contributed by atoms with Crippen molar-refractivity contribution in [2.24, 2.45) is 0 Å². The van der Waals surface area contributed by atoms with Gasteiger partial charge in [-0.05, 0) is 6.07 Å². The summed E-state index contributed by atoms with van der Waals surface area (Å²) in [5.74, 6) is -2.71. The maximum Gasteiger partial charge on any atom is 0.420 e. The van der Waals surface area contributed by atoms with Gasteiger partial charge in [-0.25, -0.2) is 9.37 Å². The molecule has 1 heterocycles. The normalized spacial score (nSPS) is 11.7. The van der Waals surface area contributed by atoms with Crippen LogP contribution in [0.25, 0.3) is 0 Å². The fourth-order valence-corrected chi connectivity index (χ4v) is 0.745. The van der Waals surface area contributed by atoms with Gasteiger partial charge in [-0.1, -0.05) is 0 Å². The molecule has 0 aliphatic rings. The van der Waals surface area contributed by atoms with Crippen molar-refractivity contribution in [1.82, 2.24) is 4.98 Å². The van der Waals surface area contributed by atoms with Gasteiger partial charge < -0.3 is 11.5 Å². The van der Waals surface area contributed by atoms with Crippen LogP contribution in [0.3, 0.4) is 0 Å². The van der Waals surface area contributed by atoms with Crippen LogP contribution in [-0.4, -0.2) is 4.98 Å². The summed E-state index contributed by atoms with van der Waals surface area (Å²) >= 11 is 0. The molecule has 0 aromatic carbocycles. The van der Waals surface area contributed by atoms with Gasteiger partial charge in [-0.2, -0.15) is 13.2 Å². The quantitative estimate of drug-likeness (QED) is 0.615. The van der Waals surface area contributed by atoms with E-state index in [9.17, 15) is 17.6 Å². The van der Waals surface area contributed by atoms with Gasteiger partial charge in [-0.3, -0.25) is 0 Å². The van der Waals surface area contributed by atoms with Crippen LogP contribution in [0.15, 0.2) is 6.07 Å². The predicted molar refractivity (Wildman–Crippen MR) is 38.0 cm³/mol. The lowest BCUT2D eigenvalue weighted by molar-refractivity contribution is -0.137. The lowest BCUT2D eigenvalue weighted by Crippen LogP contribution is -2.12. The summed E-state index contributed by atoms with van der Waals surface area (Å²) in [4.78, 5) is 3.00. The van der Waals surface area contributed by atoms with E-state index in [4.69, 9.17) is 11.5 Å². The van der Waals surface area contributed by atoms with Crippen molar-refractivity contribution in [3.8, 4) is 0 Å². The molecule has 0 amide bonds. The van der Waals surface area contributed by atoms with Gasteiger partial charge in [0.15, 0.2) is 11.6 Å². The first kappa shape index (κ1) is 9.56. The van der Waals surface area contributed by atoms with E-state index >= 15 is 0 Å². The largest absolute Gasteiger partial charge is 0.420 e. The number of aromatic nitrogens is 1. The summed E-state index contributed by atoms with van der Waals surface area (Å²) in [6.07, 6.45) is -4.72. The lowest BCUT2D eigenvalue weighted by atomic mass is 10.2. The molecule has 3 nitrogen and oxygen atoms in total. The second-order valence-corrected chi connectivity index (χ2v) is 2.29. The van der Waals surface area contributed by atoms with E-state index in [0.717, 1.165) is 0 Å². The molecule has 4 N–H and O–H groups in total. The third-order valence-electron chi connectivity index (χ3n) is 1.34. The number of hydrogen-bond donors (Lipinski definition) is 2. The molecule has 0 saturated carbocycles. The molecule has 0 aliphatic carbocycles. The fourth-order valence-electron chi connectivity index (χ4n) is 0.745. The van der Waals surface area contributed by atoms with Crippen LogP contribution in [0.5, 0.6) is 0 Å². The second-order valence-electron chi connectivity index (χ2n) is 2.29. The van der Waals surface area contributed by atoms with E-state index in [1.807, 2.05) is 0 Å². The number of rotatable bonds is 0. The number of anilines is 2. The van der Waals surface area contributed by atoms with Crippen LogP contribution in [0.1, 0.15) is 5.56 Å². The molecule has 13 heavy (non-hydrogen) atoms. The van der Waals surface area contributed by atoms with E-state index in [1.54, 1.807) is 0 Å². The smallest absolute Gasteiger partial charge is 0.383 e. The number of nitrogens with zero attached hydrogens (tertiary/aromatic N) is 1. The number of alkyl halides is 3. The Bertz CT molecular complexity index is 333. The zero-order valence-electron chi connectivity index (χ0n) is 6.19. The predicted octanol–water partition coefficient (Wildman–Crippen LogP) is 1.40. The summed E-state index contributed by atoms with van der Waals surface area (Å²) < 4.78 is 48.6. The third kappa shape index (κ3) is 1.79. The molecule has 7 heteroatoms. The first-order valence-corrected chi connectivity index (χ1v) is 3.11. The number of nitrogen functional groups attached to an aromatic ring is 2. The fraction of sp³-hybridized carbons (Fsp3) is 0.167. The van der Waals surface area contributed by atoms with Gasteiger partial charge in [-0.15, -0.1) is 0 Å². The summed E-state index contributed by atoms with van der Waals surface area (Å²) in [5.41, 5.74) is 8.48. The highest BCUT2D eigenvalue weighted by atomic mass is 19.4. The first-order valence-electron chi connectivity index (χ1n) is 3.11. The Balaban J connectivity index is 3.32. The van der Waals surface area contributed by atoms with Gasteiger partial charge in [0.05, 0.1) is 0 Å². The SMILES string of the molecule is Nc1nc(N)c(C(F)(F)F)cc1F. The number of halogens is 4. The topological polar surface area (TPSA) is 64.9 Å². The highest BCUT2D eigenvalue weighted by molar-refractivity contribution is 5.48. The minimum absolute atomic E-state index is 0.220.